The van der Waals surface area contributed by atoms with Gasteiger partial charge >= 0.3 is 0 Å². The molecule has 28 heavy (non-hydrogen) atoms. The predicted octanol–water partition coefficient (Wildman–Crippen LogP) is 3.59. The first-order valence-corrected chi connectivity index (χ1v) is 9.79. The lowest BCUT2D eigenvalue weighted by Gasteiger charge is -2.37. The molecule has 1 aliphatic heterocycles. The molecule has 5 N–H and O–H groups in total. The van der Waals surface area contributed by atoms with Crippen LogP contribution in [0.25, 0.3) is 5.70 Å². The first-order chi connectivity index (χ1) is 13.3. The van der Waals surface area contributed by atoms with Gasteiger partial charge < -0.3 is 26.1 Å². The molecule has 1 unspecified atom stereocenters. The van der Waals surface area contributed by atoms with Crippen molar-refractivity contribution in [1.29, 1.82) is 0 Å². The van der Waals surface area contributed by atoms with Gasteiger partial charge in [0.25, 0.3) is 5.89 Å². The van der Waals surface area contributed by atoms with Crippen LogP contribution >= 0.6 is 23.2 Å². The van der Waals surface area contributed by atoms with Crippen LogP contribution < -0.4 is 16.8 Å². The molecule has 0 fully saturated rings. The Kier molecular flexibility index (Phi) is 6.05. The van der Waals surface area contributed by atoms with Crippen molar-refractivity contribution >= 4 is 28.9 Å². The molecule has 7 nitrogen and oxygen atoms in total. The Balaban J connectivity index is 1.95. The minimum atomic E-state index is -0.0696. The van der Waals surface area contributed by atoms with Crippen molar-refractivity contribution < 1.29 is 4.42 Å². The molecule has 0 bridgehead atoms. The average molecular weight is 423 g/mol. The molecule has 0 saturated heterocycles. The van der Waals surface area contributed by atoms with E-state index in [1.165, 1.54) is 0 Å². The first-order valence-electron chi connectivity index (χ1n) is 9.04. The number of rotatable bonds is 5. The van der Waals surface area contributed by atoms with E-state index in [4.69, 9.17) is 39.1 Å². The van der Waals surface area contributed by atoms with Crippen molar-refractivity contribution in [2.75, 3.05) is 13.1 Å². The Morgan fingerprint density at radius 2 is 2.04 bits per heavy atom. The Bertz CT molecular complexity index is 921. The SMILES string of the molecule is CC(C)c1nnc(/C(N)=C/C2=C(N)NCCN2C(C)c2cc(Cl)ccc2Cl)o1. The van der Waals surface area contributed by atoms with Gasteiger partial charge in [0.2, 0.25) is 5.89 Å². The number of benzene rings is 1. The van der Waals surface area contributed by atoms with Gasteiger partial charge in [-0.25, -0.2) is 0 Å². The molecule has 2 heterocycles. The summed E-state index contributed by atoms with van der Waals surface area (Å²) in [5.41, 5.74) is 14.5. The Morgan fingerprint density at radius 1 is 1.29 bits per heavy atom. The zero-order valence-corrected chi connectivity index (χ0v) is 17.6. The van der Waals surface area contributed by atoms with Gasteiger partial charge in [-0.2, -0.15) is 0 Å². The van der Waals surface area contributed by atoms with E-state index in [1.807, 2.05) is 26.8 Å². The maximum absolute atomic E-state index is 6.41. The second-order valence-electron chi connectivity index (χ2n) is 6.96. The molecule has 150 valence electrons. The van der Waals surface area contributed by atoms with Crippen LogP contribution in [-0.2, 0) is 0 Å². The highest BCUT2D eigenvalue weighted by molar-refractivity contribution is 6.33. The molecule has 1 atom stereocenters. The van der Waals surface area contributed by atoms with Gasteiger partial charge in [0, 0.05) is 29.1 Å². The van der Waals surface area contributed by atoms with E-state index < -0.39 is 0 Å². The van der Waals surface area contributed by atoms with Crippen molar-refractivity contribution in [3.8, 4) is 0 Å². The third kappa shape index (κ3) is 4.20. The molecule has 0 spiro atoms. The van der Waals surface area contributed by atoms with Gasteiger partial charge in [0.05, 0.1) is 17.4 Å². The fourth-order valence-corrected chi connectivity index (χ4v) is 3.49. The number of nitrogens with zero attached hydrogens (tertiary/aromatic N) is 3. The maximum Gasteiger partial charge on any atom is 0.263 e. The molecule has 2 aromatic rings. The molecule has 0 aliphatic carbocycles. The van der Waals surface area contributed by atoms with E-state index in [9.17, 15) is 0 Å². The van der Waals surface area contributed by atoms with Gasteiger partial charge in [-0.15, -0.1) is 10.2 Å². The molecular weight excluding hydrogens is 399 g/mol. The second kappa shape index (κ2) is 8.32. The van der Waals surface area contributed by atoms with Crippen molar-refractivity contribution in [2.45, 2.75) is 32.7 Å². The van der Waals surface area contributed by atoms with Crippen LogP contribution in [-0.4, -0.2) is 28.2 Å². The van der Waals surface area contributed by atoms with E-state index in [2.05, 4.69) is 20.4 Å². The van der Waals surface area contributed by atoms with Crippen LogP contribution in [0.5, 0.6) is 0 Å². The number of nitrogens with two attached hydrogens (primary N) is 2. The summed E-state index contributed by atoms with van der Waals surface area (Å²) in [6, 6.07) is 5.35. The molecule has 0 saturated carbocycles. The quantitative estimate of drug-likeness (QED) is 0.675. The summed E-state index contributed by atoms with van der Waals surface area (Å²) in [6.45, 7) is 7.40. The normalized spacial score (nSPS) is 16.5. The van der Waals surface area contributed by atoms with Crippen LogP contribution in [0.2, 0.25) is 10.0 Å². The summed E-state index contributed by atoms with van der Waals surface area (Å²) >= 11 is 12.6. The van der Waals surface area contributed by atoms with Crippen molar-refractivity contribution in [3.05, 3.63) is 63.2 Å². The van der Waals surface area contributed by atoms with Gasteiger partial charge in [0.1, 0.15) is 5.82 Å². The van der Waals surface area contributed by atoms with E-state index in [0.717, 1.165) is 11.3 Å². The summed E-state index contributed by atoms with van der Waals surface area (Å²) in [5, 5.41) is 12.5. The molecule has 1 aromatic heterocycles. The zero-order chi connectivity index (χ0) is 20.4. The lowest BCUT2D eigenvalue weighted by atomic mass is 10.0. The highest BCUT2D eigenvalue weighted by Crippen LogP contribution is 2.33. The van der Waals surface area contributed by atoms with E-state index in [-0.39, 0.29) is 17.9 Å². The van der Waals surface area contributed by atoms with Crippen molar-refractivity contribution in [1.82, 2.24) is 20.4 Å². The Morgan fingerprint density at radius 3 is 2.71 bits per heavy atom. The second-order valence-corrected chi connectivity index (χ2v) is 7.80. The lowest BCUT2D eigenvalue weighted by Crippen LogP contribution is -2.42. The molecular formula is C19H24Cl2N6O. The summed E-state index contributed by atoms with van der Waals surface area (Å²) in [7, 11) is 0. The Labute approximate surface area is 174 Å². The Hall–Kier alpha value is -2.38. The van der Waals surface area contributed by atoms with Gasteiger partial charge in [-0.3, -0.25) is 0 Å². The smallest absolute Gasteiger partial charge is 0.263 e. The van der Waals surface area contributed by atoms with Crippen LogP contribution in [0.15, 0.2) is 40.2 Å². The van der Waals surface area contributed by atoms with Crippen LogP contribution in [0.1, 0.15) is 50.1 Å². The predicted molar refractivity (Wildman–Crippen MR) is 111 cm³/mol. The van der Waals surface area contributed by atoms with Gasteiger partial charge in [-0.1, -0.05) is 37.0 Å². The monoisotopic (exact) mass is 422 g/mol. The van der Waals surface area contributed by atoms with Gasteiger partial charge in [0.15, 0.2) is 0 Å². The number of hydrogen-bond donors (Lipinski definition) is 3. The van der Waals surface area contributed by atoms with Crippen LogP contribution in [0.3, 0.4) is 0 Å². The van der Waals surface area contributed by atoms with Crippen molar-refractivity contribution in [3.63, 3.8) is 0 Å². The van der Waals surface area contributed by atoms with E-state index in [1.54, 1.807) is 18.2 Å². The standard InChI is InChI=1S/C19H24Cl2N6O/c1-10(2)18-25-26-19(28-18)15(22)9-16-17(23)24-6-7-27(16)11(3)13-8-12(20)4-5-14(13)21/h4-5,8-11,24H,6-7,22-23H2,1-3H3/b15-9-. The first kappa shape index (κ1) is 20.4. The molecule has 3 rings (SSSR count). The number of halogens is 2. The summed E-state index contributed by atoms with van der Waals surface area (Å²) in [4.78, 5) is 2.12. The molecule has 0 radical (unpaired) electrons. The van der Waals surface area contributed by atoms with E-state index >= 15 is 0 Å². The molecule has 1 aromatic carbocycles. The number of allylic oxidation sites excluding steroid dienone is 1. The number of aromatic nitrogens is 2. The van der Waals surface area contributed by atoms with Crippen molar-refractivity contribution in [2.24, 2.45) is 11.5 Å². The maximum atomic E-state index is 6.41. The number of nitrogens with one attached hydrogen (secondary N) is 1. The molecule has 0 amide bonds. The highest BCUT2D eigenvalue weighted by atomic mass is 35.5. The average Bonchev–Trinajstić information content (AvgIpc) is 3.15. The minimum absolute atomic E-state index is 0.0696. The van der Waals surface area contributed by atoms with Gasteiger partial charge in [-0.05, 0) is 36.8 Å². The zero-order valence-electron chi connectivity index (χ0n) is 16.0. The summed E-state index contributed by atoms with van der Waals surface area (Å²) in [5.74, 6) is 1.44. The lowest BCUT2D eigenvalue weighted by molar-refractivity contribution is 0.261. The topological polar surface area (TPSA) is 106 Å². The van der Waals surface area contributed by atoms with Crippen LogP contribution in [0, 0.1) is 0 Å². The third-order valence-corrected chi connectivity index (χ3v) is 5.18. The highest BCUT2D eigenvalue weighted by Gasteiger charge is 2.25. The van der Waals surface area contributed by atoms with E-state index in [0.29, 0.717) is 40.5 Å². The minimum Gasteiger partial charge on any atom is -0.419 e. The largest absolute Gasteiger partial charge is 0.419 e. The molecule has 1 aliphatic rings. The molecule has 9 heteroatoms. The summed E-state index contributed by atoms with van der Waals surface area (Å²) in [6.07, 6.45) is 1.74. The summed E-state index contributed by atoms with van der Waals surface area (Å²) < 4.78 is 5.64. The number of hydrogen-bond acceptors (Lipinski definition) is 7. The fraction of sp³-hybridized carbons (Fsp3) is 0.368. The fourth-order valence-electron chi connectivity index (χ4n) is 3.04. The van der Waals surface area contributed by atoms with Crippen LogP contribution in [0.4, 0.5) is 0 Å². The third-order valence-electron chi connectivity index (χ3n) is 4.60.